The van der Waals surface area contributed by atoms with Gasteiger partial charge in [-0.15, -0.1) is 11.8 Å². The van der Waals surface area contributed by atoms with Gasteiger partial charge < -0.3 is 5.11 Å². The molecule has 1 N–H and O–H groups in total. The molecular weight excluding hydrogens is 263 g/mol. The van der Waals surface area contributed by atoms with Gasteiger partial charge in [-0.1, -0.05) is 19.1 Å². The van der Waals surface area contributed by atoms with Gasteiger partial charge in [-0.3, -0.25) is 0 Å². The van der Waals surface area contributed by atoms with Gasteiger partial charge in [0.1, 0.15) is 5.82 Å². The molecule has 98 valence electrons. The van der Waals surface area contributed by atoms with E-state index in [9.17, 15) is 9.18 Å². The van der Waals surface area contributed by atoms with E-state index in [-0.39, 0.29) is 5.56 Å². The van der Waals surface area contributed by atoms with Crippen LogP contribution >= 0.6 is 11.8 Å². The number of carboxylic acids is 1. The number of thioether (sulfide) groups is 1. The SMILES string of the molecule is CCSc1ccc(-c2cc(F)ccc2C(=O)O)cc1. The Bertz CT molecular complexity index is 594. The second-order valence-electron chi connectivity index (χ2n) is 3.95. The molecule has 0 amide bonds. The van der Waals surface area contributed by atoms with E-state index in [1.54, 1.807) is 11.8 Å². The van der Waals surface area contributed by atoms with Crippen molar-refractivity contribution < 1.29 is 14.3 Å². The van der Waals surface area contributed by atoms with Crippen LogP contribution in [-0.4, -0.2) is 16.8 Å². The van der Waals surface area contributed by atoms with Gasteiger partial charge in [0.15, 0.2) is 0 Å². The van der Waals surface area contributed by atoms with Crippen molar-refractivity contribution in [3.05, 3.63) is 53.8 Å². The maximum absolute atomic E-state index is 13.3. The Morgan fingerprint density at radius 1 is 1.21 bits per heavy atom. The van der Waals surface area contributed by atoms with Crippen molar-refractivity contribution in [2.45, 2.75) is 11.8 Å². The molecule has 0 radical (unpaired) electrons. The lowest BCUT2D eigenvalue weighted by molar-refractivity contribution is 0.0697. The zero-order valence-corrected chi connectivity index (χ0v) is 11.2. The second kappa shape index (κ2) is 5.89. The number of carboxylic acid groups (broad SMARTS) is 1. The number of halogens is 1. The highest BCUT2D eigenvalue weighted by Gasteiger charge is 2.12. The molecule has 2 aromatic carbocycles. The van der Waals surface area contributed by atoms with Gasteiger partial charge in [-0.2, -0.15) is 0 Å². The quantitative estimate of drug-likeness (QED) is 0.846. The monoisotopic (exact) mass is 276 g/mol. The standard InChI is InChI=1S/C15H13FO2S/c1-2-19-12-6-3-10(4-7-12)14-9-11(16)5-8-13(14)15(17)18/h3-9H,2H2,1H3,(H,17,18). The van der Waals surface area contributed by atoms with Crippen molar-refractivity contribution in [3.63, 3.8) is 0 Å². The number of hydrogen-bond donors (Lipinski definition) is 1. The normalized spacial score (nSPS) is 10.4. The molecule has 19 heavy (non-hydrogen) atoms. The number of benzene rings is 2. The van der Waals surface area contributed by atoms with Crippen LogP contribution in [0.1, 0.15) is 17.3 Å². The maximum Gasteiger partial charge on any atom is 0.336 e. The third-order valence-corrected chi connectivity index (χ3v) is 3.58. The predicted octanol–water partition coefficient (Wildman–Crippen LogP) is 4.30. The van der Waals surface area contributed by atoms with E-state index in [2.05, 4.69) is 6.92 Å². The van der Waals surface area contributed by atoms with E-state index in [4.69, 9.17) is 5.11 Å². The van der Waals surface area contributed by atoms with Gasteiger partial charge in [0, 0.05) is 4.90 Å². The fourth-order valence-electron chi connectivity index (χ4n) is 1.84. The predicted molar refractivity (Wildman–Crippen MR) is 75.2 cm³/mol. The highest BCUT2D eigenvalue weighted by molar-refractivity contribution is 7.99. The first-order chi connectivity index (χ1) is 9.11. The van der Waals surface area contributed by atoms with Crippen LogP contribution in [0.2, 0.25) is 0 Å². The maximum atomic E-state index is 13.3. The van der Waals surface area contributed by atoms with E-state index in [0.717, 1.165) is 16.7 Å². The van der Waals surface area contributed by atoms with E-state index >= 15 is 0 Å². The number of rotatable bonds is 4. The Labute approximate surface area is 115 Å². The Morgan fingerprint density at radius 3 is 2.47 bits per heavy atom. The molecule has 0 unspecified atom stereocenters. The summed E-state index contributed by atoms with van der Waals surface area (Å²) in [6, 6.07) is 11.2. The summed E-state index contributed by atoms with van der Waals surface area (Å²) in [5, 5.41) is 9.13. The summed E-state index contributed by atoms with van der Waals surface area (Å²) in [5.41, 5.74) is 1.22. The summed E-state index contributed by atoms with van der Waals surface area (Å²) in [6.07, 6.45) is 0. The average Bonchev–Trinajstić information content (AvgIpc) is 2.39. The fraction of sp³-hybridized carbons (Fsp3) is 0.133. The van der Waals surface area contributed by atoms with Gasteiger partial charge in [0.25, 0.3) is 0 Å². The van der Waals surface area contributed by atoms with Crippen LogP contribution in [0.15, 0.2) is 47.4 Å². The van der Waals surface area contributed by atoms with Crippen LogP contribution in [0.3, 0.4) is 0 Å². The Morgan fingerprint density at radius 2 is 1.89 bits per heavy atom. The molecule has 0 fully saturated rings. The molecule has 4 heteroatoms. The first-order valence-corrected chi connectivity index (χ1v) is 6.86. The van der Waals surface area contributed by atoms with Gasteiger partial charge in [0.2, 0.25) is 0 Å². The topological polar surface area (TPSA) is 37.3 Å². The van der Waals surface area contributed by atoms with Gasteiger partial charge >= 0.3 is 5.97 Å². The molecule has 2 rings (SSSR count). The summed E-state index contributed by atoms with van der Waals surface area (Å²) >= 11 is 1.70. The molecule has 0 atom stereocenters. The van der Waals surface area contributed by atoms with Crippen LogP contribution < -0.4 is 0 Å². The molecule has 0 aliphatic heterocycles. The smallest absolute Gasteiger partial charge is 0.336 e. The molecule has 0 aliphatic carbocycles. The van der Waals surface area contributed by atoms with E-state index in [1.165, 1.54) is 12.1 Å². The summed E-state index contributed by atoms with van der Waals surface area (Å²) in [4.78, 5) is 12.3. The van der Waals surface area contributed by atoms with E-state index in [1.807, 2.05) is 24.3 Å². The van der Waals surface area contributed by atoms with Gasteiger partial charge in [0.05, 0.1) is 5.56 Å². The summed E-state index contributed by atoms with van der Waals surface area (Å²) in [5.74, 6) is -0.520. The third-order valence-electron chi connectivity index (χ3n) is 2.69. The molecule has 0 bridgehead atoms. The van der Waals surface area contributed by atoms with Crippen molar-refractivity contribution in [1.82, 2.24) is 0 Å². The van der Waals surface area contributed by atoms with Crippen molar-refractivity contribution in [3.8, 4) is 11.1 Å². The van der Waals surface area contributed by atoms with Crippen molar-refractivity contribution in [2.75, 3.05) is 5.75 Å². The zero-order valence-electron chi connectivity index (χ0n) is 10.4. The van der Waals surface area contributed by atoms with Crippen LogP contribution in [-0.2, 0) is 0 Å². The summed E-state index contributed by atoms with van der Waals surface area (Å²) in [6.45, 7) is 2.06. The molecule has 0 spiro atoms. The van der Waals surface area contributed by atoms with Gasteiger partial charge in [-0.05, 0) is 47.2 Å². The zero-order chi connectivity index (χ0) is 13.8. The third kappa shape index (κ3) is 3.15. The minimum atomic E-state index is -1.05. The molecule has 0 aliphatic rings. The number of carbonyl (C=O) groups is 1. The number of hydrogen-bond acceptors (Lipinski definition) is 2. The highest BCUT2D eigenvalue weighted by Crippen LogP contribution is 2.27. The lowest BCUT2D eigenvalue weighted by Gasteiger charge is -2.07. The molecule has 0 saturated heterocycles. The van der Waals surface area contributed by atoms with Crippen LogP contribution in [0.5, 0.6) is 0 Å². The van der Waals surface area contributed by atoms with Crippen molar-refractivity contribution in [1.29, 1.82) is 0 Å². The van der Waals surface area contributed by atoms with Gasteiger partial charge in [-0.25, -0.2) is 9.18 Å². The fourth-order valence-corrected chi connectivity index (χ4v) is 2.50. The van der Waals surface area contributed by atoms with E-state index < -0.39 is 11.8 Å². The average molecular weight is 276 g/mol. The Hall–Kier alpha value is -1.81. The first kappa shape index (κ1) is 13.6. The van der Waals surface area contributed by atoms with Crippen molar-refractivity contribution in [2.24, 2.45) is 0 Å². The Kier molecular flexibility index (Phi) is 4.22. The lowest BCUT2D eigenvalue weighted by Crippen LogP contribution is -2.00. The van der Waals surface area contributed by atoms with Crippen molar-refractivity contribution >= 4 is 17.7 Å². The molecule has 2 aromatic rings. The molecule has 0 aromatic heterocycles. The van der Waals surface area contributed by atoms with Crippen LogP contribution in [0.4, 0.5) is 4.39 Å². The lowest BCUT2D eigenvalue weighted by atomic mass is 10.00. The van der Waals surface area contributed by atoms with E-state index in [0.29, 0.717) is 11.1 Å². The second-order valence-corrected chi connectivity index (χ2v) is 5.29. The molecule has 2 nitrogen and oxygen atoms in total. The Balaban J connectivity index is 2.45. The summed E-state index contributed by atoms with van der Waals surface area (Å²) < 4.78 is 13.3. The highest BCUT2D eigenvalue weighted by atomic mass is 32.2. The first-order valence-electron chi connectivity index (χ1n) is 5.88. The van der Waals surface area contributed by atoms with Crippen LogP contribution in [0.25, 0.3) is 11.1 Å². The van der Waals surface area contributed by atoms with Crippen LogP contribution in [0, 0.1) is 5.82 Å². The largest absolute Gasteiger partial charge is 0.478 e. The minimum absolute atomic E-state index is 0.109. The molecule has 0 saturated carbocycles. The molecular formula is C15H13FO2S. The summed E-state index contributed by atoms with van der Waals surface area (Å²) in [7, 11) is 0. The number of aromatic carboxylic acids is 1. The molecule has 0 heterocycles. The minimum Gasteiger partial charge on any atom is -0.478 e.